The van der Waals surface area contributed by atoms with Crippen molar-refractivity contribution >= 4 is 45.0 Å². The Balaban J connectivity index is 1.74. The van der Waals surface area contributed by atoms with Gasteiger partial charge in [-0.15, -0.1) is 11.8 Å². The molecule has 0 atom stereocenters. The van der Waals surface area contributed by atoms with Crippen molar-refractivity contribution in [3.63, 3.8) is 0 Å². The highest BCUT2D eigenvalue weighted by molar-refractivity contribution is 7.99. The van der Waals surface area contributed by atoms with Crippen LogP contribution < -0.4 is 4.90 Å². The SMILES string of the molecule is CS(=O)(=O)N1CCC(C(=O)N2CCSc3ccc(Cl)cc32)CC1. The molecule has 0 bridgehead atoms. The summed E-state index contributed by atoms with van der Waals surface area (Å²) in [6.45, 7) is 1.50. The molecule has 8 heteroatoms. The monoisotopic (exact) mass is 374 g/mol. The lowest BCUT2D eigenvalue weighted by atomic mass is 9.96. The molecule has 5 nitrogen and oxygen atoms in total. The molecule has 2 aliphatic rings. The third-order valence-corrected chi connectivity index (χ3v) is 6.90. The van der Waals surface area contributed by atoms with Crippen LogP contribution in [0.25, 0.3) is 0 Å². The molecule has 0 unspecified atom stereocenters. The van der Waals surface area contributed by atoms with Gasteiger partial charge in [-0.05, 0) is 31.0 Å². The van der Waals surface area contributed by atoms with Crippen LogP contribution in [0.1, 0.15) is 12.8 Å². The number of piperidine rings is 1. The van der Waals surface area contributed by atoms with Crippen molar-refractivity contribution in [3.05, 3.63) is 23.2 Å². The second-order valence-corrected chi connectivity index (χ2v) is 9.44. The molecule has 126 valence electrons. The van der Waals surface area contributed by atoms with Crippen molar-refractivity contribution < 1.29 is 13.2 Å². The summed E-state index contributed by atoms with van der Waals surface area (Å²) in [7, 11) is -3.17. The first kappa shape index (κ1) is 17.1. The molecule has 1 saturated heterocycles. The van der Waals surface area contributed by atoms with E-state index >= 15 is 0 Å². The minimum atomic E-state index is -3.17. The summed E-state index contributed by atoms with van der Waals surface area (Å²) in [6.07, 6.45) is 2.37. The maximum absolute atomic E-state index is 12.9. The third kappa shape index (κ3) is 3.68. The van der Waals surface area contributed by atoms with E-state index in [1.165, 1.54) is 10.6 Å². The largest absolute Gasteiger partial charge is 0.310 e. The van der Waals surface area contributed by atoms with Gasteiger partial charge in [0.25, 0.3) is 0 Å². The Morgan fingerprint density at radius 2 is 1.96 bits per heavy atom. The summed E-state index contributed by atoms with van der Waals surface area (Å²) < 4.78 is 24.6. The summed E-state index contributed by atoms with van der Waals surface area (Å²) in [4.78, 5) is 15.8. The van der Waals surface area contributed by atoms with E-state index < -0.39 is 10.0 Å². The van der Waals surface area contributed by atoms with E-state index in [1.807, 2.05) is 23.1 Å². The second-order valence-electron chi connectivity index (χ2n) is 5.89. The highest BCUT2D eigenvalue weighted by atomic mass is 35.5. The smallest absolute Gasteiger partial charge is 0.230 e. The zero-order chi connectivity index (χ0) is 16.6. The molecular formula is C15H19ClN2O3S2. The summed E-state index contributed by atoms with van der Waals surface area (Å²) in [5, 5.41) is 0.621. The number of halogens is 1. The van der Waals surface area contributed by atoms with Gasteiger partial charge in [0, 0.05) is 41.2 Å². The normalized spacial score (nSPS) is 20.3. The van der Waals surface area contributed by atoms with Crippen molar-refractivity contribution in [3.8, 4) is 0 Å². The van der Waals surface area contributed by atoms with Crippen LogP contribution in [0, 0.1) is 5.92 Å². The standard InChI is InChI=1S/C15H19ClN2O3S2/c1-23(20,21)17-6-4-11(5-7-17)15(19)18-8-9-22-14-3-2-12(16)10-13(14)18/h2-3,10-11H,4-9H2,1H3. The zero-order valence-electron chi connectivity index (χ0n) is 12.9. The van der Waals surface area contributed by atoms with Gasteiger partial charge in [-0.25, -0.2) is 12.7 Å². The van der Waals surface area contributed by atoms with Gasteiger partial charge < -0.3 is 4.90 Å². The van der Waals surface area contributed by atoms with Crippen LogP contribution in [-0.4, -0.2) is 50.3 Å². The van der Waals surface area contributed by atoms with Gasteiger partial charge in [-0.1, -0.05) is 11.6 Å². The van der Waals surface area contributed by atoms with Crippen LogP contribution in [0.3, 0.4) is 0 Å². The number of amides is 1. The van der Waals surface area contributed by atoms with E-state index in [0.29, 0.717) is 37.5 Å². The third-order valence-electron chi connectivity index (χ3n) is 4.32. The van der Waals surface area contributed by atoms with Crippen LogP contribution in [0.5, 0.6) is 0 Å². The highest BCUT2D eigenvalue weighted by Crippen LogP contribution is 2.38. The number of nitrogens with zero attached hydrogens (tertiary/aromatic N) is 2. The lowest BCUT2D eigenvalue weighted by Crippen LogP contribution is -2.45. The second kappa shape index (κ2) is 6.63. The van der Waals surface area contributed by atoms with Crippen molar-refractivity contribution in [1.82, 2.24) is 4.31 Å². The number of carbonyl (C=O) groups is 1. The van der Waals surface area contributed by atoms with Crippen LogP contribution in [0.15, 0.2) is 23.1 Å². The van der Waals surface area contributed by atoms with Crippen molar-refractivity contribution in [2.45, 2.75) is 17.7 Å². The lowest BCUT2D eigenvalue weighted by molar-refractivity contribution is -0.123. The molecule has 0 saturated carbocycles. The van der Waals surface area contributed by atoms with E-state index in [4.69, 9.17) is 11.6 Å². The number of sulfonamides is 1. The van der Waals surface area contributed by atoms with Gasteiger partial charge in [0.05, 0.1) is 11.9 Å². The molecule has 2 aliphatic heterocycles. The first-order valence-corrected chi connectivity index (χ1v) is 10.8. The predicted molar refractivity (Wildman–Crippen MR) is 93.7 cm³/mol. The Kier molecular flexibility index (Phi) is 4.92. The van der Waals surface area contributed by atoms with Gasteiger partial charge in [0.1, 0.15) is 0 Å². The van der Waals surface area contributed by atoms with Crippen LogP contribution in [0.2, 0.25) is 5.02 Å². The molecule has 23 heavy (non-hydrogen) atoms. The van der Waals surface area contributed by atoms with Gasteiger partial charge in [0.2, 0.25) is 15.9 Å². The fraction of sp³-hybridized carbons (Fsp3) is 0.533. The first-order valence-electron chi connectivity index (χ1n) is 7.55. The predicted octanol–water partition coefficient (Wildman–Crippen LogP) is 2.45. The highest BCUT2D eigenvalue weighted by Gasteiger charge is 2.33. The van der Waals surface area contributed by atoms with E-state index in [0.717, 1.165) is 16.3 Å². The summed E-state index contributed by atoms with van der Waals surface area (Å²) >= 11 is 7.81. The molecular weight excluding hydrogens is 356 g/mol. The van der Waals surface area contributed by atoms with Crippen LogP contribution in [-0.2, 0) is 14.8 Å². The molecule has 0 N–H and O–H groups in total. The Bertz CT molecular complexity index is 715. The summed E-state index contributed by atoms with van der Waals surface area (Å²) in [5.74, 6) is 0.827. The zero-order valence-corrected chi connectivity index (χ0v) is 15.3. The number of benzene rings is 1. The van der Waals surface area contributed by atoms with E-state index in [-0.39, 0.29) is 11.8 Å². The lowest BCUT2D eigenvalue weighted by Gasteiger charge is -2.35. The quantitative estimate of drug-likeness (QED) is 0.797. The summed E-state index contributed by atoms with van der Waals surface area (Å²) in [6, 6.07) is 5.63. The van der Waals surface area contributed by atoms with Crippen molar-refractivity contribution in [2.24, 2.45) is 5.92 Å². The number of fused-ring (bicyclic) bond motifs is 1. The molecule has 2 heterocycles. The Hall–Kier alpha value is -0.760. The Labute approximate surface area is 146 Å². The topological polar surface area (TPSA) is 57.7 Å². The average Bonchev–Trinajstić information content (AvgIpc) is 2.53. The average molecular weight is 375 g/mol. The number of thioether (sulfide) groups is 1. The number of rotatable bonds is 2. The van der Waals surface area contributed by atoms with E-state index in [9.17, 15) is 13.2 Å². The molecule has 1 fully saturated rings. The van der Waals surface area contributed by atoms with Gasteiger partial charge in [-0.3, -0.25) is 4.79 Å². The maximum Gasteiger partial charge on any atom is 0.230 e. The maximum atomic E-state index is 12.9. The van der Waals surface area contributed by atoms with Crippen LogP contribution >= 0.6 is 23.4 Å². The Morgan fingerprint density at radius 1 is 1.26 bits per heavy atom. The van der Waals surface area contributed by atoms with Crippen molar-refractivity contribution in [1.29, 1.82) is 0 Å². The van der Waals surface area contributed by atoms with Gasteiger partial charge in [0.15, 0.2) is 0 Å². The molecule has 1 aromatic rings. The molecule has 0 aromatic heterocycles. The van der Waals surface area contributed by atoms with Gasteiger partial charge >= 0.3 is 0 Å². The minimum Gasteiger partial charge on any atom is -0.310 e. The minimum absolute atomic E-state index is 0.0852. The Morgan fingerprint density at radius 3 is 2.61 bits per heavy atom. The molecule has 0 spiro atoms. The molecule has 0 aliphatic carbocycles. The van der Waals surface area contributed by atoms with Crippen LogP contribution in [0.4, 0.5) is 5.69 Å². The number of anilines is 1. The van der Waals surface area contributed by atoms with E-state index in [1.54, 1.807) is 11.8 Å². The number of carbonyl (C=O) groups excluding carboxylic acids is 1. The van der Waals surface area contributed by atoms with Gasteiger partial charge in [-0.2, -0.15) is 0 Å². The number of hydrogen-bond acceptors (Lipinski definition) is 4. The molecule has 1 aromatic carbocycles. The van der Waals surface area contributed by atoms with Crippen molar-refractivity contribution in [2.75, 3.05) is 36.5 Å². The van der Waals surface area contributed by atoms with E-state index in [2.05, 4.69) is 0 Å². The molecule has 1 amide bonds. The number of hydrogen-bond donors (Lipinski definition) is 0. The first-order chi connectivity index (χ1) is 10.9. The molecule has 0 radical (unpaired) electrons. The summed E-state index contributed by atoms with van der Waals surface area (Å²) in [5.41, 5.74) is 0.879. The fourth-order valence-electron chi connectivity index (χ4n) is 3.07. The fourth-order valence-corrected chi connectivity index (χ4v) is 5.09. The molecule has 3 rings (SSSR count).